The predicted octanol–water partition coefficient (Wildman–Crippen LogP) is 3.70. The van der Waals surface area contributed by atoms with Gasteiger partial charge in [0.05, 0.1) is 27.6 Å². The third kappa shape index (κ3) is 4.95. The van der Waals surface area contributed by atoms with Crippen molar-refractivity contribution in [2.45, 2.75) is 6.54 Å². The van der Waals surface area contributed by atoms with Crippen molar-refractivity contribution in [2.24, 2.45) is 0 Å². The van der Waals surface area contributed by atoms with E-state index < -0.39 is 0 Å². The van der Waals surface area contributed by atoms with E-state index in [1.165, 1.54) is 6.08 Å². The second kappa shape index (κ2) is 9.45. The summed E-state index contributed by atoms with van der Waals surface area (Å²) in [5, 5.41) is 2.83. The number of nitrogens with one attached hydrogen (secondary N) is 1. The molecule has 0 aliphatic heterocycles. The number of rotatable bonds is 8. The summed E-state index contributed by atoms with van der Waals surface area (Å²) in [4.78, 5) is 16.5. The van der Waals surface area contributed by atoms with Gasteiger partial charge in [0.15, 0.2) is 17.3 Å². The Bertz CT molecular complexity index is 954. The van der Waals surface area contributed by atoms with E-state index in [1.807, 2.05) is 24.3 Å². The highest BCUT2D eigenvalue weighted by Gasteiger charge is 2.12. The molecule has 7 heteroatoms. The first-order valence-electron chi connectivity index (χ1n) is 8.89. The van der Waals surface area contributed by atoms with Crippen molar-refractivity contribution in [1.82, 2.24) is 10.3 Å². The summed E-state index contributed by atoms with van der Waals surface area (Å²) < 4.78 is 21.2. The van der Waals surface area contributed by atoms with Gasteiger partial charge in [0, 0.05) is 18.8 Å². The molecule has 3 rings (SSSR count). The molecule has 3 aromatic rings. The molecule has 0 spiro atoms. The van der Waals surface area contributed by atoms with Crippen molar-refractivity contribution in [1.29, 1.82) is 0 Å². The van der Waals surface area contributed by atoms with Crippen LogP contribution in [0.25, 0.3) is 17.5 Å². The van der Waals surface area contributed by atoms with E-state index in [2.05, 4.69) is 10.3 Å². The monoisotopic (exact) mass is 394 g/mol. The molecule has 0 aliphatic rings. The lowest BCUT2D eigenvalue weighted by molar-refractivity contribution is -0.116. The lowest BCUT2D eigenvalue weighted by Gasteiger charge is -2.12. The van der Waals surface area contributed by atoms with Gasteiger partial charge < -0.3 is 23.9 Å². The lowest BCUT2D eigenvalue weighted by atomic mass is 10.1. The van der Waals surface area contributed by atoms with E-state index >= 15 is 0 Å². The molecule has 0 unspecified atom stereocenters. The Morgan fingerprint density at radius 2 is 1.86 bits per heavy atom. The smallest absolute Gasteiger partial charge is 0.244 e. The first-order valence-corrected chi connectivity index (χ1v) is 8.89. The minimum atomic E-state index is -0.228. The van der Waals surface area contributed by atoms with E-state index in [1.54, 1.807) is 52.0 Å². The highest BCUT2D eigenvalue weighted by molar-refractivity contribution is 5.91. The van der Waals surface area contributed by atoms with Crippen LogP contribution in [-0.4, -0.2) is 32.2 Å². The lowest BCUT2D eigenvalue weighted by Crippen LogP contribution is -2.20. The number of benzene rings is 1. The number of carbonyl (C=O) groups is 1. The van der Waals surface area contributed by atoms with E-state index in [9.17, 15) is 4.79 Å². The summed E-state index contributed by atoms with van der Waals surface area (Å²) in [6, 6.07) is 10.9. The average Bonchev–Trinajstić information content (AvgIpc) is 3.30. The van der Waals surface area contributed by atoms with E-state index in [-0.39, 0.29) is 5.91 Å². The minimum Gasteiger partial charge on any atom is -0.493 e. The molecule has 2 aromatic heterocycles. The van der Waals surface area contributed by atoms with Gasteiger partial charge in [-0.15, -0.1) is 0 Å². The molecule has 0 saturated heterocycles. The van der Waals surface area contributed by atoms with Gasteiger partial charge in [-0.3, -0.25) is 9.78 Å². The maximum atomic E-state index is 12.2. The molecular formula is C22H22N2O5. The van der Waals surface area contributed by atoms with Crippen LogP contribution in [-0.2, 0) is 11.3 Å². The second-order valence-electron chi connectivity index (χ2n) is 6.04. The normalized spacial score (nSPS) is 10.7. The van der Waals surface area contributed by atoms with Gasteiger partial charge in [-0.05, 0) is 47.5 Å². The Labute approximate surface area is 168 Å². The van der Waals surface area contributed by atoms with E-state index in [0.29, 0.717) is 29.6 Å². The Morgan fingerprint density at radius 1 is 1.10 bits per heavy atom. The molecule has 2 heterocycles. The van der Waals surface area contributed by atoms with Crippen LogP contribution >= 0.6 is 0 Å². The number of carbonyl (C=O) groups excluding carboxylic acids is 1. The quantitative estimate of drug-likeness (QED) is 0.587. The maximum absolute atomic E-state index is 12.2. The predicted molar refractivity (Wildman–Crippen MR) is 109 cm³/mol. The number of hydrogen-bond donors (Lipinski definition) is 1. The van der Waals surface area contributed by atoms with Gasteiger partial charge in [0.25, 0.3) is 0 Å². The number of hydrogen-bond acceptors (Lipinski definition) is 6. The van der Waals surface area contributed by atoms with Crippen LogP contribution in [0.4, 0.5) is 0 Å². The fraction of sp³-hybridized carbons (Fsp3) is 0.182. The molecule has 1 N–H and O–H groups in total. The van der Waals surface area contributed by atoms with Gasteiger partial charge in [-0.2, -0.15) is 0 Å². The zero-order valence-corrected chi connectivity index (χ0v) is 16.5. The Hall–Kier alpha value is -3.74. The number of ether oxygens (including phenoxy) is 3. The fourth-order valence-corrected chi connectivity index (χ4v) is 2.72. The average molecular weight is 394 g/mol. The van der Waals surface area contributed by atoms with Crippen LogP contribution in [0.1, 0.15) is 11.1 Å². The number of nitrogens with zero attached hydrogens (tertiary/aromatic N) is 1. The Morgan fingerprint density at radius 3 is 2.41 bits per heavy atom. The molecule has 150 valence electrons. The van der Waals surface area contributed by atoms with Crippen LogP contribution in [0.2, 0.25) is 0 Å². The van der Waals surface area contributed by atoms with Gasteiger partial charge >= 0.3 is 0 Å². The summed E-state index contributed by atoms with van der Waals surface area (Å²) in [7, 11) is 4.63. The van der Waals surface area contributed by atoms with Crippen molar-refractivity contribution < 1.29 is 23.4 Å². The van der Waals surface area contributed by atoms with E-state index in [4.69, 9.17) is 18.6 Å². The summed E-state index contributed by atoms with van der Waals surface area (Å²) in [6.45, 7) is 0.365. The third-order valence-electron chi connectivity index (χ3n) is 4.18. The molecule has 0 saturated carbocycles. The molecule has 0 aliphatic carbocycles. The summed E-state index contributed by atoms with van der Waals surface area (Å²) in [5.74, 6) is 2.02. The minimum absolute atomic E-state index is 0.228. The molecule has 0 bridgehead atoms. The van der Waals surface area contributed by atoms with Crippen LogP contribution in [0.3, 0.4) is 0 Å². The topological polar surface area (TPSA) is 82.8 Å². The largest absolute Gasteiger partial charge is 0.493 e. The Kier molecular flexibility index (Phi) is 6.52. The summed E-state index contributed by atoms with van der Waals surface area (Å²) in [5.41, 5.74) is 2.38. The van der Waals surface area contributed by atoms with Crippen molar-refractivity contribution in [3.63, 3.8) is 0 Å². The number of aromatic nitrogens is 1. The van der Waals surface area contributed by atoms with Gasteiger partial charge in [-0.1, -0.05) is 6.07 Å². The molecule has 1 amide bonds. The standard InChI is InChI=1S/C22H22N2O5/c1-26-19-11-15(12-20(27-2)22(19)28-3)7-9-21(25)24-14-16-6-8-17(23-13-16)18-5-4-10-29-18/h4-13H,14H2,1-3H3,(H,24,25)/b9-7+. The van der Waals surface area contributed by atoms with Gasteiger partial charge in [-0.25, -0.2) is 0 Å². The summed E-state index contributed by atoms with van der Waals surface area (Å²) >= 11 is 0. The molecule has 7 nitrogen and oxygen atoms in total. The van der Waals surface area contributed by atoms with Gasteiger partial charge in [0.1, 0.15) is 5.69 Å². The zero-order valence-electron chi connectivity index (χ0n) is 16.5. The van der Waals surface area contributed by atoms with Crippen LogP contribution in [0, 0.1) is 0 Å². The Balaban J connectivity index is 1.61. The number of amides is 1. The number of furan rings is 1. The SMILES string of the molecule is COc1cc(/C=C/C(=O)NCc2ccc(-c3ccco3)nc2)cc(OC)c1OC. The van der Waals surface area contributed by atoms with Crippen molar-refractivity contribution in [3.05, 3.63) is 66.1 Å². The van der Waals surface area contributed by atoms with Crippen LogP contribution in [0.15, 0.2) is 59.4 Å². The van der Waals surface area contributed by atoms with Crippen molar-refractivity contribution in [2.75, 3.05) is 21.3 Å². The number of methoxy groups -OCH3 is 3. The highest BCUT2D eigenvalue weighted by atomic mass is 16.5. The van der Waals surface area contributed by atoms with Crippen molar-refractivity contribution >= 4 is 12.0 Å². The highest BCUT2D eigenvalue weighted by Crippen LogP contribution is 2.38. The van der Waals surface area contributed by atoms with Crippen LogP contribution < -0.4 is 19.5 Å². The molecule has 29 heavy (non-hydrogen) atoms. The molecule has 0 atom stereocenters. The first kappa shape index (κ1) is 20.0. The second-order valence-corrected chi connectivity index (χ2v) is 6.04. The summed E-state index contributed by atoms with van der Waals surface area (Å²) in [6.07, 6.45) is 6.44. The molecule has 0 radical (unpaired) electrons. The number of pyridine rings is 1. The maximum Gasteiger partial charge on any atom is 0.244 e. The molecule has 0 fully saturated rings. The van der Waals surface area contributed by atoms with Crippen molar-refractivity contribution in [3.8, 4) is 28.7 Å². The zero-order chi connectivity index (χ0) is 20.6. The third-order valence-corrected chi connectivity index (χ3v) is 4.18. The molecular weight excluding hydrogens is 372 g/mol. The fourth-order valence-electron chi connectivity index (χ4n) is 2.72. The van der Waals surface area contributed by atoms with Crippen LogP contribution in [0.5, 0.6) is 17.2 Å². The first-order chi connectivity index (χ1) is 14.1. The molecule has 1 aromatic carbocycles. The van der Waals surface area contributed by atoms with Gasteiger partial charge in [0.2, 0.25) is 11.7 Å². The van der Waals surface area contributed by atoms with E-state index in [0.717, 1.165) is 16.8 Å².